The molecule has 0 aliphatic carbocycles. The molecule has 0 saturated heterocycles. The molecule has 0 unspecified atom stereocenters. The quantitative estimate of drug-likeness (QED) is 0.548. The first-order chi connectivity index (χ1) is 12.8. The van der Waals surface area contributed by atoms with Crippen molar-refractivity contribution >= 4 is 35.0 Å². The van der Waals surface area contributed by atoms with Crippen LogP contribution in [0.2, 0.25) is 10.0 Å². The molecule has 0 fully saturated rings. The molecule has 2 aromatic rings. The Balaban J connectivity index is 2.30. The molecule has 1 heterocycles. The molecular formula is C19H16Cl2N2O4. The zero-order valence-electron chi connectivity index (χ0n) is 14.5. The number of hydrogen-bond donors (Lipinski definition) is 1. The van der Waals surface area contributed by atoms with E-state index in [2.05, 4.69) is 4.98 Å². The number of aromatic hydroxyl groups is 1. The molecule has 0 aliphatic heterocycles. The third-order valence-electron chi connectivity index (χ3n) is 3.68. The number of nitriles is 1. The normalized spacial score (nSPS) is 10.3. The molecule has 2 rings (SSSR count). The van der Waals surface area contributed by atoms with Gasteiger partial charge in [-0.15, -0.1) is 0 Å². The third-order valence-corrected chi connectivity index (χ3v) is 4.27. The van der Waals surface area contributed by atoms with Crippen LogP contribution in [0.1, 0.15) is 47.1 Å². The van der Waals surface area contributed by atoms with Gasteiger partial charge in [-0.2, -0.15) is 5.26 Å². The summed E-state index contributed by atoms with van der Waals surface area (Å²) < 4.78 is 4.78. The summed E-state index contributed by atoms with van der Waals surface area (Å²) in [5.74, 6) is -1.58. The zero-order valence-corrected chi connectivity index (χ0v) is 16.0. The van der Waals surface area contributed by atoms with Crippen LogP contribution in [0.4, 0.5) is 0 Å². The number of pyridine rings is 1. The number of halogens is 2. The molecule has 0 spiro atoms. The predicted octanol–water partition coefficient (Wildman–Crippen LogP) is 4.08. The number of carbonyl (C=O) groups is 2. The second-order valence-electron chi connectivity index (χ2n) is 5.61. The van der Waals surface area contributed by atoms with Crippen molar-refractivity contribution in [3.63, 3.8) is 0 Å². The van der Waals surface area contributed by atoms with Crippen molar-refractivity contribution in [2.45, 2.75) is 26.2 Å². The van der Waals surface area contributed by atoms with E-state index in [0.717, 1.165) is 0 Å². The van der Waals surface area contributed by atoms with Crippen LogP contribution < -0.4 is 0 Å². The molecule has 0 amide bonds. The van der Waals surface area contributed by atoms with Gasteiger partial charge < -0.3 is 9.84 Å². The predicted molar refractivity (Wildman–Crippen MR) is 100 cm³/mol. The average molecular weight is 407 g/mol. The van der Waals surface area contributed by atoms with Gasteiger partial charge in [0.15, 0.2) is 11.5 Å². The topological polar surface area (TPSA) is 100 Å². The van der Waals surface area contributed by atoms with E-state index < -0.39 is 17.5 Å². The molecule has 6 nitrogen and oxygen atoms in total. The van der Waals surface area contributed by atoms with Crippen LogP contribution >= 0.6 is 23.2 Å². The number of ether oxygens (including phenoxy) is 1. The van der Waals surface area contributed by atoms with Crippen molar-refractivity contribution in [2.24, 2.45) is 0 Å². The fourth-order valence-electron chi connectivity index (χ4n) is 2.39. The smallest absolute Gasteiger partial charge is 0.306 e. The summed E-state index contributed by atoms with van der Waals surface area (Å²) in [5, 5.41) is 20.3. The summed E-state index contributed by atoms with van der Waals surface area (Å²) >= 11 is 12.0. The molecule has 0 aliphatic rings. The number of rotatable bonds is 7. The Morgan fingerprint density at radius 1 is 1.26 bits per heavy atom. The first kappa shape index (κ1) is 20.7. The summed E-state index contributed by atoms with van der Waals surface area (Å²) in [6.07, 6.45) is -0.0819. The lowest BCUT2D eigenvalue weighted by Crippen LogP contribution is -2.11. The standard InChI is InChI=1S/C19H16Cl2N2O4/c1-2-27-17(25)6-5-16(24)18-19(26)12(10-22)8-14(23-18)7-11-3-4-13(20)9-15(11)21/h3-4,8-9,26H,2,5-7H2,1H3. The van der Waals surface area contributed by atoms with Gasteiger partial charge in [0, 0.05) is 28.6 Å². The number of ketones is 1. The lowest BCUT2D eigenvalue weighted by molar-refractivity contribution is -0.143. The maximum atomic E-state index is 12.4. The number of Topliss-reactive ketones (excluding diaryl/α,β-unsaturated/α-hetero) is 1. The summed E-state index contributed by atoms with van der Waals surface area (Å²) in [7, 11) is 0. The monoisotopic (exact) mass is 406 g/mol. The van der Waals surface area contributed by atoms with Crippen molar-refractivity contribution in [2.75, 3.05) is 6.61 Å². The van der Waals surface area contributed by atoms with E-state index in [4.69, 9.17) is 27.9 Å². The summed E-state index contributed by atoms with van der Waals surface area (Å²) in [5.41, 5.74) is 0.754. The largest absolute Gasteiger partial charge is 0.504 e. The molecule has 0 bridgehead atoms. The van der Waals surface area contributed by atoms with E-state index in [-0.39, 0.29) is 37.1 Å². The van der Waals surface area contributed by atoms with Gasteiger partial charge in [-0.25, -0.2) is 4.98 Å². The minimum absolute atomic E-state index is 0.0791. The van der Waals surface area contributed by atoms with Crippen molar-refractivity contribution in [1.82, 2.24) is 4.98 Å². The molecule has 140 valence electrons. The Hall–Kier alpha value is -2.62. The number of carbonyl (C=O) groups excluding carboxylic acids is 2. The number of nitrogens with zero attached hydrogens (tertiary/aromatic N) is 2. The highest BCUT2D eigenvalue weighted by Crippen LogP contribution is 2.27. The highest BCUT2D eigenvalue weighted by Gasteiger charge is 2.20. The van der Waals surface area contributed by atoms with Gasteiger partial charge >= 0.3 is 5.97 Å². The van der Waals surface area contributed by atoms with Gasteiger partial charge in [-0.05, 0) is 30.7 Å². The molecule has 0 atom stereocenters. The van der Waals surface area contributed by atoms with Crippen molar-refractivity contribution in [1.29, 1.82) is 5.26 Å². The van der Waals surface area contributed by atoms with Crippen molar-refractivity contribution < 1.29 is 19.4 Å². The van der Waals surface area contributed by atoms with Gasteiger partial charge in [0.1, 0.15) is 11.8 Å². The average Bonchev–Trinajstić information content (AvgIpc) is 2.63. The SMILES string of the molecule is CCOC(=O)CCC(=O)c1nc(Cc2ccc(Cl)cc2Cl)cc(C#N)c1O. The lowest BCUT2D eigenvalue weighted by atomic mass is 10.0. The second kappa shape index (κ2) is 9.36. The zero-order chi connectivity index (χ0) is 20.0. The van der Waals surface area contributed by atoms with E-state index in [1.807, 2.05) is 6.07 Å². The van der Waals surface area contributed by atoms with Crippen LogP contribution in [-0.2, 0) is 16.0 Å². The van der Waals surface area contributed by atoms with Crippen molar-refractivity contribution in [3.05, 3.63) is 56.8 Å². The minimum Gasteiger partial charge on any atom is -0.504 e. The van der Waals surface area contributed by atoms with E-state index in [9.17, 15) is 20.0 Å². The molecular weight excluding hydrogens is 391 g/mol. The highest BCUT2D eigenvalue weighted by atomic mass is 35.5. The summed E-state index contributed by atoms with van der Waals surface area (Å²) in [6, 6.07) is 8.19. The van der Waals surface area contributed by atoms with Crippen LogP contribution in [0.15, 0.2) is 24.3 Å². The van der Waals surface area contributed by atoms with Gasteiger partial charge in [0.2, 0.25) is 0 Å². The molecule has 0 radical (unpaired) electrons. The van der Waals surface area contributed by atoms with Gasteiger partial charge in [-0.1, -0.05) is 29.3 Å². The fraction of sp³-hybridized carbons (Fsp3) is 0.263. The molecule has 8 heteroatoms. The number of esters is 1. The third kappa shape index (κ3) is 5.43. The first-order valence-corrected chi connectivity index (χ1v) is 8.87. The number of benzene rings is 1. The Labute approximate surface area is 166 Å². The molecule has 27 heavy (non-hydrogen) atoms. The fourth-order valence-corrected chi connectivity index (χ4v) is 2.86. The maximum Gasteiger partial charge on any atom is 0.306 e. The van der Waals surface area contributed by atoms with Crippen LogP contribution in [0, 0.1) is 11.3 Å². The Kier molecular flexibility index (Phi) is 7.17. The maximum absolute atomic E-state index is 12.4. The minimum atomic E-state index is -0.555. The Bertz CT molecular complexity index is 923. The van der Waals surface area contributed by atoms with E-state index >= 15 is 0 Å². The van der Waals surface area contributed by atoms with Gasteiger partial charge in [-0.3, -0.25) is 9.59 Å². The van der Waals surface area contributed by atoms with Gasteiger partial charge in [0.05, 0.1) is 18.6 Å². The Morgan fingerprint density at radius 2 is 2.00 bits per heavy atom. The van der Waals surface area contributed by atoms with Crippen LogP contribution in [-0.4, -0.2) is 28.4 Å². The summed E-state index contributed by atoms with van der Waals surface area (Å²) in [4.78, 5) is 28.0. The Morgan fingerprint density at radius 3 is 2.63 bits per heavy atom. The molecule has 1 aromatic carbocycles. The lowest BCUT2D eigenvalue weighted by Gasteiger charge is -2.09. The first-order valence-electron chi connectivity index (χ1n) is 8.11. The van der Waals surface area contributed by atoms with Crippen molar-refractivity contribution in [3.8, 4) is 11.8 Å². The van der Waals surface area contributed by atoms with E-state index in [0.29, 0.717) is 21.3 Å². The highest BCUT2D eigenvalue weighted by molar-refractivity contribution is 6.35. The molecule has 1 N–H and O–H groups in total. The summed E-state index contributed by atoms with van der Waals surface area (Å²) in [6.45, 7) is 1.88. The molecule has 0 saturated carbocycles. The van der Waals surface area contributed by atoms with E-state index in [1.165, 1.54) is 6.07 Å². The second-order valence-corrected chi connectivity index (χ2v) is 6.45. The van der Waals surface area contributed by atoms with Crippen LogP contribution in [0.5, 0.6) is 5.75 Å². The number of hydrogen-bond acceptors (Lipinski definition) is 6. The van der Waals surface area contributed by atoms with E-state index in [1.54, 1.807) is 25.1 Å². The van der Waals surface area contributed by atoms with Crippen LogP contribution in [0.3, 0.4) is 0 Å². The molecule has 1 aromatic heterocycles. The van der Waals surface area contributed by atoms with Gasteiger partial charge in [0.25, 0.3) is 0 Å². The van der Waals surface area contributed by atoms with Crippen LogP contribution in [0.25, 0.3) is 0 Å². The number of aromatic nitrogens is 1.